The number of aliphatic hydroxyl groups excluding tert-OH is 1. The number of aliphatic hydroxyl groups is 1. The summed E-state index contributed by atoms with van der Waals surface area (Å²) in [5.41, 5.74) is 1.05. The van der Waals surface area contributed by atoms with Crippen molar-refractivity contribution in [1.82, 2.24) is 10.2 Å². The number of benzene rings is 1. The van der Waals surface area contributed by atoms with Gasteiger partial charge in [-0.3, -0.25) is 0 Å². The summed E-state index contributed by atoms with van der Waals surface area (Å²) in [5.74, 6) is 1.54. The number of ether oxygens (including phenoxy) is 1. The largest absolute Gasteiger partial charge is 0.493 e. The molecular weight excluding hydrogens is 304 g/mol. The highest BCUT2D eigenvalue weighted by atomic mass is 16.5. The maximum absolute atomic E-state index is 12.3. The van der Waals surface area contributed by atoms with Gasteiger partial charge in [0.05, 0.1) is 12.7 Å². The lowest BCUT2D eigenvalue weighted by molar-refractivity contribution is 0.0738. The third-order valence-electron chi connectivity index (χ3n) is 4.38. The summed E-state index contributed by atoms with van der Waals surface area (Å²) < 4.78 is 5.66. The number of piperidine rings is 1. The molecule has 1 aromatic rings. The first-order valence-corrected chi connectivity index (χ1v) is 8.88. The second kappa shape index (κ2) is 8.92. The molecule has 1 aliphatic heterocycles. The van der Waals surface area contributed by atoms with Crippen molar-refractivity contribution in [2.24, 2.45) is 11.8 Å². The van der Waals surface area contributed by atoms with Gasteiger partial charge in [-0.25, -0.2) is 4.79 Å². The number of likely N-dealkylation sites (tertiary alicyclic amines) is 1. The Bertz CT molecular complexity index is 514. The lowest BCUT2D eigenvalue weighted by Crippen LogP contribution is -2.47. The maximum atomic E-state index is 12.3. The van der Waals surface area contributed by atoms with E-state index in [1.807, 2.05) is 24.3 Å². The average Bonchev–Trinajstić information content (AvgIpc) is 2.58. The van der Waals surface area contributed by atoms with E-state index in [4.69, 9.17) is 4.74 Å². The second-order valence-corrected chi connectivity index (χ2v) is 7.10. The van der Waals surface area contributed by atoms with Crippen LogP contribution in [-0.4, -0.2) is 41.8 Å². The van der Waals surface area contributed by atoms with Crippen LogP contribution in [0.25, 0.3) is 0 Å². The maximum Gasteiger partial charge on any atom is 0.317 e. The van der Waals surface area contributed by atoms with Crippen LogP contribution in [-0.2, 0) is 6.54 Å². The molecule has 0 spiro atoms. The average molecular weight is 334 g/mol. The fourth-order valence-electron chi connectivity index (χ4n) is 2.84. The van der Waals surface area contributed by atoms with Gasteiger partial charge >= 0.3 is 6.03 Å². The summed E-state index contributed by atoms with van der Waals surface area (Å²) >= 11 is 0. The molecule has 5 heteroatoms. The summed E-state index contributed by atoms with van der Waals surface area (Å²) in [6, 6.07) is 7.78. The van der Waals surface area contributed by atoms with Crippen LogP contribution in [0.1, 0.15) is 39.2 Å². The molecule has 5 nitrogen and oxygen atoms in total. The van der Waals surface area contributed by atoms with Crippen molar-refractivity contribution >= 4 is 6.03 Å². The summed E-state index contributed by atoms with van der Waals surface area (Å²) in [6.07, 6.45) is 1.57. The summed E-state index contributed by atoms with van der Waals surface area (Å²) in [5, 5.41) is 12.7. The van der Waals surface area contributed by atoms with Crippen LogP contribution >= 0.6 is 0 Å². The van der Waals surface area contributed by atoms with Gasteiger partial charge in [0.2, 0.25) is 0 Å². The van der Waals surface area contributed by atoms with Crippen molar-refractivity contribution in [2.45, 2.75) is 46.3 Å². The van der Waals surface area contributed by atoms with Crippen molar-refractivity contribution in [3.8, 4) is 5.75 Å². The summed E-state index contributed by atoms with van der Waals surface area (Å²) in [6.45, 7) is 8.63. The number of amides is 2. The second-order valence-electron chi connectivity index (χ2n) is 7.10. The molecule has 0 radical (unpaired) electrons. The molecule has 0 bridgehead atoms. The molecule has 24 heavy (non-hydrogen) atoms. The van der Waals surface area contributed by atoms with E-state index in [-0.39, 0.29) is 18.1 Å². The van der Waals surface area contributed by atoms with E-state index in [1.165, 1.54) is 0 Å². The number of nitrogens with one attached hydrogen (secondary N) is 1. The molecule has 1 saturated heterocycles. The van der Waals surface area contributed by atoms with Gasteiger partial charge in [0.25, 0.3) is 0 Å². The zero-order chi connectivity index (χ0) is 17.5. The third-order valence-corrected chi connectivity index (χ3v) is 4.38. The van der Waals surface area contributed by atoms with Gasteiger partial charge in [0, 0.05) is 25.6 Å². The van der Waals surface area contributed by atoms with Gasteiger partial charge < -0.3 is 20.1 Å². The molecule has 1 aliphatic rings. The van der Waals surface area contributed by atoms with Gasteiger partial charge in [0.15, 0.2) is 0 Å². The monoisotopic (exact) mass is 334 g/mol. The molecule has 1 fully saturated rings. The number of hydrogen-bond acceptors (Lipinski definition) is 3. The summed E-state index contributed by atoms with van der Waals surface area (Å²) in [4.78, 5) is 14.1. The van der Waals surface area contributed by atoms with Crippen LogP contribution in [0.2, 0.25) is 0 Å². The zero-order valence-electron chi connectivity index (χ0n) is 15.0. The molecule has 1 heterocycles. The molecule has 1 aromatic carbocycles. The van der Waals surface area contributed by atoms with Gasteiger partial charge in [0.1, 0.15) is 5.75 Å². The molecule has 0 saturated carbocycles. The zero-order valence-corrected chi connectivity index (χ0v) is 15.0. The van der Waals surface area contributed by atoms with E-state index < -0.39 is 0 Å². The smallest absolute Gasteiger partial charge is 0.317 e. The van der Waals surface area contributed by atoms with Crippen LogP contribution in [0.3, 0.4) is 0 Å². The van der Waals surface area contributed by atoms with Gasteiger partial charge in [-0.2, -0.15) is 0 Å². The first-order valence-electron chi connectivity index (χ1n) is 8.88. The normalized spacial score (nSPS) is 19.2. The topological polar surface area (TPSA) is 61.8 Å². The fraction of sp³-hybridized carbons (Fsp3) is 0.632. The Morgan fingerprint density at radius 1 is 1.33 bits per heavy atom. The van der Waals surface area contributed by atoms with Crippen LogP contribution in [0.5, 0.6) is 5.75 Å². The fourth-order valence-corrected chi connectivity index (χ4v) is 2.84. The quantitative estimate of drug-likeness (QED) is 0.840. The van der Waals surface area contributed by atoms with Crippen LogP contribution in [0.4, 0.5) is 4.79 Å². The van der Waals surface area contributed by atoms with Crippen molar-refractivity contribution in [3.05, 3.63) is 29.8 Å². The van der Waals surface area contributed by atoms with E-state index in [0.29, 0.717) is 25.6 Å². The van der Waals surface area contributed by atoms with Crippen molar-refractivity contribution < 1.29 is 14.6 Å². The molecule has 2 N–H and O–H groups in total. The van der Waals surface area contributed by atoms with Crippen LogP contribution in [0.15, 0.2) is 24.3 Å². The van der Waals surface area contributed by atoms with Crippen LogP contribution in [0, 0.1) is 11.8 Å². The molecule has 0 aliphatic carbocycles. The molecule has 2 unspecified atom stereocenters. The Hall–Kier alpha value is -1.75. The molecule has 2 rings (SSSR count). The number of carbonyl (C=O) groups is 1. The van der Waals surface area contributed by atoms with E-state index in [1.54, 1.807) is 11.8 Å². The van der Waals surface area contributed by atoms with Crippen LogP contribution < -0.4 is 10.1 Å². The minimum absolute atomic E-state index is 0.0551. The Labute approximate surface area is 145 Å². The Morgan fingerprint density at radius 2 is 2.04 bits per heavy atom. The molecular formula is C19H30N2O3. The number of urea groups is 1. The van der Waals surface area contributed by atoms with Crippen molar-refractivity contribution in [2.75, 3.05) is 19.7 Å². The molecule has 134 valence electrons. The SMILES string of the molecule is CC(C)COc1ccc(CNC(=O)N2CCCC(C(C)O)C2)cc1. The highest BCUT2D eigenvalue weighted by Gasteiger charge is 2.26. The minimum Gasteiger partial charge on any atom is -0.493 e. The van der Waals surface area contributed by atoms with E-state index in [2.05, 4.69) is 19.2 Å². The predicted octanol–water partition coefficient (Wildman–Crippen LogP) is 3.02. The Kier molecular flexibility index (Phi) is 6.91. The van der Waals surface area contributed by atoms with Crippen molar-refractivity contribution in [1.29, 1.82) is 0 Å². The van der Waals surface area contributed by atoms with Gasteiger partial charge in [-0.15, -0.1) is 0 Å². The third kappa shape index (κ3) is 5.71. The van der Waals surface area contributed by atoms with E-state index in [9.17, 15) is 9.90 Å². The lowest BCUT2D eigenvalue weighted by atomic mass is 9.94. The van der Waals surface area contributed by atoms with E-state index in [0.717, 1.165) is 30.7 Å². The van der Waals surface area contributed by atoms with E-state index >= 15 is 0 Å². The standard InChI is InChI=1S/C19H30N2O3/c1-14(2)13-24-18-8-6-16(7-9-18)11-20-19(23)21-10-4-5-17(12-21)15(3)22/h6-9,14-15,17,22H,4-5,10-13H2,1-3H3,(H,20,23). The minimum atomic E-state index is -0.362. The number of nitrogens with zero attached hydrogens (tertiary/aromatic N) is 1. The van der Waals surface area contributed by atoms with Crippen molar-refractivity contribution in [3.63, 3.8) is 0 Å². The number of rotatable bonds is 6. The highest BCUT2D eigenvalue weighted by Crippen LogP contribution is 2.20. The number of hydrogen-bond donors (Lipinski definition) is 2. The first-order chi connectivity index (χ1) is 11.5. The predicted molar refractivity (Wildman–Crippen MR) is 95.0 cm³/mol. The summed E-state index contributed by atoms with van der Waals surface area (Å²) in [7, 11) is 0. The molecule has 2 amide bonds. The lowest BCUT2D eigenvalue weighted by Gasteiger charge is -2.34. The Balaban J connectivity index is 1.79. The molecule has 0 aromatic heterocycles. The Morgan fingerprint density at radius 3 is 2.67 bits per heavy atom. The number of carbonyl (C=O) groups excluding carboxylic acids is 1. The van der Waals surface area contributed by atoms with Gasteiger partial charge in [-0.05, 0) is 43.4 Å². The highest BCUT2D eigenvalue weighted by molar-refractivity contribution is 5.74. The molecule has 2 atom stereocenters. The first kappa shape index (κ1) is 18.6. The van der Waals surface area contributed by atoms with Gasteiger partial charge in [-0.1, -0.05) is 26.0 Å².